The molecule has 3 aromatic heterocycles. The van der Waals surface area contributed by atoms with Gasteiger partial charge in [-0.25, -0.2) is 0 Å². The number of nitrogens with zero attached hydrogens (tertiary/aromatic N) is 3. The summed E-state index contributed by atoms with van der Waals surface area (Å²) in [7, 11) is 1.63. The fourth-order valence-electron chi connectivity index (χ4n) is 2.98. The van der Waals surface area contributed by atoms with E-state index in [9.17, 15) is 0 Å². The molecule has 0 saturated heterocycles. The van der Waals surface area contributed by atoms with Gasteiger partial charge in [0.15, 0.2) is 0 Å². The van der Waals surface area contributed by atoms with Crippen molar-refractivity contribution in [3.05, 3.63) is 54.6 Å². The lowest BCUT2D eigenvalue weighted by molar-refractivity contribution is 0.271. The van der Waals surface area contributed by atoms with E-state index < -0.39 is 0 Å². The third-order valence-corrected chi connectivity index (χ3v) is 3.93. The van der Waals surface area contributed by atoms with Gasteiger partial charge in [0.1, 0.15) is 0 Å². The zero-order valence-electron chi connectivity index (χ0n) is 13.6. The van der Waals surface area contributed by atoms with Gasteiger partial charge in [0.05, 0.1) is 24.2 Å². The minimum atomic E-state index is 0.849. The molecular weight excluding hydrogens is 288 g/mol. The maximum atomic E-state index is 5.23. The van der Waals surface area contributed by atoms with Crippen LogP contribution in [0.3, 0.4) is 0 Å². The first-order valence-corrected chi connectivity index (χ1v) is 7.60. The highest BCUT2D eigenvalue weighted by molar-refractivity contribution is 5.85. The number of rotatable bonds is 5. The van der Waals surface area contributed by atoms with E-state index in [1.54, 1.807) is 19.5 Å². The Morgan fingerprint density at radius 1 is 0.957 bits per heavy atom. The normalized spacial score (nSPS) is 10.7. The number of nitrogens with one attached hydrogen (secondary N) is 1. The Morgan fingerprint density at radius 3 is 1.96 bits per heavy atom. The average Bonchev–Trinajstić information content (AvgIpc) is 2.89. The van der Waals surface area contributed by atoms with Crippen molar-refractivity contribution in [3.63, 3.8) is 0 Å². The van der Waals surface area contributed by atoms with Gasteiger partial charge in [0.2, 0.25) is 0 Å². The standard InChI is InChI=1S/C18H20N4O/c1-4-22-17(14-5-9-19-10-6-14)13(2)16(21-23-3)18(22)15-7-11-20-12-8-15/h5-12,21H,4H2,1-3H3. The quantitative estimate of drug-likeness (QED) is 0.726. The maximum Gasteiger partial charge on any atom is 0.0897 e. The van der Waals surface area contributed by atoms with Crippen LogP contribution in [0, 0.1) is 6.92 Å². The summed E-state index contributed by atoms with van der Waals surface area (Å²) >= 11 is 0. The minimum absolute atomic E-state index is 0.849. The second-order valence-corrected chi connectivity index (χ2v) is 5.22. The lowest BCUT2D eigenvalue weighted by Gasteiger charge is -2.12. The molecule has 0 spiro atoms. The molecule has 0 aromatic carbocycles. The number of hydrogen-bond donors (Lipinski definition) is 1. The van der Waals surface area contributed by atoms with Crippen LogP contribution in [-0.4, -0.2) is 21.6 Å². The Bertz CT molecular complexity index is 782. The van der Waals surface area contributed by atoms with Crippen molar-refractivity contribution in [2.45, 2.75) is 20.4 Å². The van der Waals surface area contributed by atoms with E-state index in [1.807, 2.05) is 36.7 Å². The molecule has 0 atom stereocenters. The Kier molecular flexibility index (Phi) is 4.39. The molecule has 0 radical (unpaired) electrons. The maximum absolute atomic E-state index is 5.23. The Labute approximate surface area is 135 Å². The molecule has 0 aliphatic carbocycles. The predicted molar refractivity (Wildman–Crippen MR) is 91.9 cm³/mol. The summed E-state index contributed by atoms with van der Waals surface area (Å²) in [6.07, 6.45) is 7.25. The van der Waals surface area contributed by atoms with Crippen molar-refractivity contribution >= 4 is 5.69 Å². The summed E-state index contributed by atoms with van der Waals surface area (Å²) in [5.41, 5.74) is 9.68. The van der Waals surface area contributed by atoms with Crippen molar-refractivity contribution in [3.8, 4) is 22.5 Å². The van der Waals surface area contributed by atoms with E-state index in [1.165, 1.54) is 5.69 Å². The molecule has 0 bridgehead atoms. The summed E-state index contributed by atoms with van der Waals surface area (Å²) in [6.45, 7) is 5.10. The number of anilines is 1. The van der Waals surface area contributed by atoms with E-state index in [0.29, 0.717) is 0 Å². The highest BCUT2D eigenvalue weighted by Crippen LogP contribution is 2.40. The second-order valence-electron chi connectivity index (χ2n) is 5.22. The van der Waals surface area contributed by atoms with Crippen LogP contribution in [0.5, 0.6) is 0 Å². The zero-order chi connectivity index (χ0) is 16.2. The van der Waals surface area contributed by atoms with E-state index in [2.05, 4.69) is 33.9 Å². The molecule has 0 unspecified atom stereocenters. The van der Waals surface area contributed by atoms with E-state index in [4.69, 9.17) is 4.84 Å². The lowest BCUT2D eigenvalue weighted by Crippen LogP contribution is -2.02. The molecule has 3 heterocycles. The van der Waals surface area contributed by atoms with Gasteiger partial charge in [-0.05, 0) is 38.1 Å². The van der Waals surface area contributed by atoms with Crippen molar-refractivity contribution in [1.82, 2.24) is 14.5 Å². The molecule has 3 rings (SSSR count). The zero-order valence-corrected chi connectivity index (χ0v) is 13.6. The van der Waals surface area contributed by atoms with Gasteiger partial charge in [0, 0.05) is 48.0 Å². The first-order chi connectivity index (χ1) is 11.3. The van der Waals surface area contributed by atoms with Crippen LogP contribution < -0.4 is 5.48 Å². The molecule has 0 aliphatic rings. The van der Waals surface area contributed by atoms with Crippen molar-refractivity contribution < 1.29 is 4.84 Å². The molecule has 118 valence electrons. The third-order valence-electron chi connectivity index (χ3n) is 3.93. The molecule has 0 fully saturated rings. The lowest BCUT2D eigenvalue weighted by atomic mass is 10.1. The van der Waals surface area contributed by atoms with Gasteiger partial charge in [0.25, 0.3) is 0 Å². The van der Waals surface area contributed by atoms with Crippen LogP contribution in [-0.2, 0) is 11.4 Å². The van der Waals surface area contributed by atoms with Crippen LogP contribution in [0.1, 0.15) is 12.5 Å². The van der Waals surface area contributed by atoms with Gasteiger partial charge in [-0.1, -0.05) is 0 Å². The van der Waals surface area contributed by atoms with Gasteiger partial charge < -0.3 is 4.57 Å². The van der Waals surface area contributed by atoms with Crippen LogP contribution in [0.2, 0.25) is 0 Å². The summed E-state index contributed by atoms with van der Waals surface area (Å²) < 4.78 is 2.29. The molecular formula is C18H20N4O. The van der Waals surface area contributed by atoms with Crippen LogP contribution in [0.25, 0.3) is 22.5 Å². The summed E-state index contributed by atoms with van der Waals surface area (Å²) in [4.78, 5) is 13.5. The SMILES string of the molecule is CCn1c(-c2ccncc2)c(C)c(NOC)c1-c1ccncc1. The molecule has 0 saturated carbocycles. The largest absolute Gasteiger partial charge is 0.339 e. The van der Waals surface area contributed by atoms with Crippen LogP contribution >= 0.6 is 0 Å². The second kappa shape index (κ2) is 6.62. The Morgan fingerprint density at radius 2 is 1.48 bits per heavy atom. The Hall–Kier alpha value is -2.66. The first-order valence-electron chi connectivity index (χ1n) is 7.60. The number of hydrogen-bond acceptors (Lipinski definition) is 4. The van der Waals surface area contributed by atoms with E-state index >= 15 is 0 Å². The Balaban J connectivity index is 2.30. The smallest absolute Gasteiger partial charge is 0.0897 e. The highest BCUT2D eigenvalue weighted by atomic mass is 16.6. The van der Waals surface area contributed by atoms with E-state index in [-0.39, 0.29) is 0 Å². The number of pyridine rings is 2. The topological polar surface area (TPSA) is 52.0 Å². The molecule has 23 heavy (non-hydrogen) atoms. The van der Waals surface area contributed by atoms with Gasteiger partial charge >= 0.3 is 0 Å². The van der Waals surface area contributed by atoms with Gasteiger partial charge in [-0.15, -0.1) is 0 Å². The van der Waals surface area contributed by atoms with Crippen LogP contribution in [0.15, 0.2) is 49.1 Å². The van der Waals surface area contributed by atoms with Crippen molar-refractivity contribution in [2.24, 2.45) is 0 Å². The molecule has 3 aromatic rings. The third kappa shape index (κ3) is 2.71. The summed E-state index contributed by atoms with van der Waals surface area (Å²) in [5, 5.41) is 0. The molecule has 5 heteroatoms. The molecule has 5 nitrogen and oxygen atoms in total. The highest BCUT2D eigenvalue weighted by Gasteiger charge is 2.21. The predicted octanol–water partition coefficient (Wildman–Crippen LogP) is 3.91. The van der Waals surface area contributed by atoms with Gasteiger partial charge in [-0.2, -0.15) is 0 Å². The molecule has 0 amide bonds. The summed E-state index contributed by atoms with van der Waals surface area (Å²) in [6, 6.07) is 8.08. The average molecular weight is 308 g/mol. The minimum Gasteiger partial charge on any atom is -0.339 e. The fourth-order valence-corrected chi connectivity index (χ4v) is 2.98. The monoisotopic (exact) mass is 308 g/mol. The van der Waals surface area contributed by atoms with E-state index in [0.717, 1.165) is 34.6 Å². The van der Waals surface area contributed by atoms with Crippen LogP contribution in [0.4, 0.5) is 5.69 Å². The van der Waals surface area contributed by atoms with Gasteiger partial charge in [-0.3, -0.25) is 20.3 Å². The molecule has 1 N–H and O–H groups in total. The summed E-state index contributed by atoms with van der Waals surface area (Å²) in [5.74, 6) is 0. The first kappa shape index (κ1) is 15.2. The fraction of sp³-hybridized carbons (Fsp3) is 0.222. The molecule has 0 aliphatic heterocycles. The van der Waals surface area contributed by atoms with Crippen molar-refractivity contribution in [2.75, 3.05) is 12.6 Å². The van der Waals surface area contributed by atoms with Crippen molar-refractivity contribution in [1.29, 1.82) is 0 Å². The number of aromatic nitrogens is 3.